The summed E-state index contributed by atoms with van der Waals surface area (Å²) in [4.78, 5) is 21.2. The topological polar surface area (TPSA) is 58.2 Å². The summed E-state index contributed by atoms with van der Waals surface area (Å²) >= 11 is 0. The molecule has 0 saturated carbocycles. The van der Waals surface area contributed by atoms with Gasteiger partial charge in [0.25, 0.3) is 0 Å². The number of hydrogen-bond acceptors (Lipinski definition) is 3. The molecule has 2 aromatic rings. The van der Waals surface area contributed by atoms with Crippen molar-refractivity contribution in [3.8, 4) is 5.75 Å². The average Bonchev–Trinajstić information content (AvgIpc) is 3.06. The summed E-state index contributed by atoms with van der Waals surface area (Å²) in [5, 5.41) is 0. The summed E-state index contributed by atoms with van der Waals surface area (Å²) in [5.74, 6) is 1.44. The predicted octanol–water partition coefficient (Wildman–Crippen LogP) is 1.54. The van der Waals surface area contributed by atoms with Crippen LogP contribution < -0.4 is 4.74 Å². The van der Waals surface area contributed by atoms with Crippen molar-refractivity contribution in [1.29, 1.82) is 0 Å². The molecular formula is C14H15N3O2. The van der Waals surface area contributed by atoms with Crippen molar-refractivity contribution in [3.05, 3.63) is 48.0 Å². The maximum absolute atomic E-state index is 12.4. The summed E-state index contributed by atoms with van der Waals surface area (Å²) in [6.45, 7) is 0.894. The van der Waals surface area contributed by atoms with Gasteiger partial charge < -0.3 is 14.6 Å². The number of ether oxygens (including phenoxy) is 1. The maximum atomic E-state index is 12.4. The number of aromatic amines is 1. The predicted molar refractivity (Wildman–Crippen MR) is 69.7 cm³/mol. The SMILES string of the molecule is CN(Cc1ncc[nH]1)C(=O)C1COc2ccccc21. The monoisotopic (exact) mass is 257 g/mol. The molecule has 1 aliphatic heterocycles. The first kappa shape index (κ1) is 11.8. The number of para-hydroxylation sites is 1. The van der Waals surface area contributed by atoms with Crippen LogP contribution in [0.1, 0.15) is 17.3 Å². The zero-order valence-corrected chi connectivity index (χ0v) is 10.7. The smallest absolute Gasteiger partial charge is 0.233 e. The molecule has 19 heavy (non-hydrogen) atoms. The molecule has 5 nitrogen and oxygen atoms in total. The standard InChI is InChI=1S/C14H15N3O2/c1-17(8-13-15-6-7-16-13)14(18)11-9-19-12-5-3-2-4-10(11)12/h2-7,11H,8-9H2,1H3,(H,15,16). The first-order valence-corrected chi connectivity index (χ1v) is 6.20. The molecule has 0 bridgehead atoms. The molecular weight excluding hydrogens is 242 g/mol. The maximum Gasteiger partial charge on any atom is 0.233 e. The number of amides is 1. The fourth-order valence-corrected chi connectivity index (χ4v) is 2.32. The number of imidazole rings is 1. The third-order valence-electron chi connectivity index (χ3n) is 3.32. The van der Waals surface area contributed by atoms with Crippen molar-refractivity contribution in [2.24, 2.45) is 0 Å². The summed E-state index contributed by atoms with van der Waals surface area (Å²) in [5.41, 5.74) is 0.971. The number of nitrogens with zero attached hydrogens (tertiary/aromatic N) is 2. The minimum Gasteiger partial charge on any atom is -0.492 e. The van der Waals surface area contributed by atoms with E-state index in [1.165, 1.54) is 0 Å². The Kier molecular flexibility index (Phi) is 2.95. The molecule has 1 amide bonds. The number of carbonyl (C=O) groups excluding carboxylic acids is 1. The van der Waals surface area contributed by atoms with E-state index in [9.17, 15) is 4.79 Å². The number of fused-ring (bicyclic) bond motifs is 1. The van der Waals surface area contributed by atoms with Crippen LogP contribution in [-0.2, 0) is 11.3 Å². The van der Waals surface area contributed by atoms with Crippen molar-refractivity contribution in [2.75, 3.05) is 13.7 Å². The highest BCUT2D eigenvalue weighted by atomic mass is 16.5. The fourth-order valence-electron chi connectivity index (χ4n) is 2.32. The molecule has 0 aliphatic carbocycles. The van der Waals surface area contributed by atoms with Crippen molar-refractivity contribution >= 4 is 5.91 Å². The van der Waals surface area contributed by atoms with Gasteiger partial charge in [-0.3, -0.25) is 4.79 Å². The Labute approximate surface area is 111 Å². The molecule has 1 unspecified atom stereocenters. The lowest BCUT2D eigenvalue weighted by Gasteiger charge is -2.19. The van der Waals surface area contributed by atoms with Crippen LogP contribution in [0.5, 0.6) is 5.75 Å². The first-order chi connectivity index (χ1) is 9.25. The number of carbonyl (C=O) groups is 1. The minimum atomic E-state index is -0.212. The zero-order valence-electron chi connectivity index (χ0n) is 10.7. The van der Waals surface area contributed by atoms with E-state index in [2.05, 4.69) is 9.97 Å². The Morgan fingerprint density at radius 3 is 3.16 bits per heavy atom. The van der Waals surface area contributed by atoms with E-state index < -0.39 is 0 Å². The van der Waals surface area contributed by atoms with Crippen molar-refractivity contribution in [2.45, 2.75) is 12.5 Å². The van der Waals surface area contributed by atoms with Crippen LogP contribution in [-0.4, -0.2) is 34.4 Å². The van der Waals surface area contributed by atoms with Crippen LogP contribution in [0.2, 0.25) is 0 Å². The van der Waals surface area contributed by atoms with E-state index in [4.69, 9.17) is 4.74 Å². The molecule has 1 aromatic carbocycles. The Bertz CT molecular complexity index is 580. The van der Waals surface area contributed by atoms with Gasteiger partial charge in [0.1, 0.15) is 24.1 Å². The Hall–Kier alpha value is -2.30. The van der Waals surface area contributed by atoms with E-state index in [0.29, 0.717) is 13.2 Å². The van der Waals surface area contributed by atoms with Gasteiger partial charge in [0.15, 0.2) is 0 Å². The van der Waals surface area contributed by atoms with Gasteiger partial charge in [-0.05, 0) is 6.07 Å². The molecule has 0 radical (unpaired) electrons. The Morgan fingerprint density at radius 2 is 2.37 bits per heavy atom. The van der Waals surface area contributed by atoms with Crippen molar-refractivity contribution in [3.63, 3.8) is 0 Å². The summed E-state index contributed by atoms with van der Waals surface area (Å²) in [6, 6.07) is 7.69. The lowest BCUT2D eigenvalue weighted by molar-refractivity contribution is -0.132. The quantitative estimate of drug-likeness (QED) is 0.907. The second-order valence-electron chi connectivity index (χ2n) is 4.63. The molecule has 0 fully saturated rings. The van der Waals surface area contributed by atoms with E-state index in [-0.39, 0.29) is 11.8 Å². The normalized spacial score (nSPS) is 16.8. The Balaban J connectivity index is 1.74. The van der Waals surface area contributed by atoms with Crippen LogP contribution >= 0.6 is 0 Å². The Morgan fingerprint density at radius 1 is 1.53 bits per heavy atom. The molecule has 2 heterocycles. The number of aromatic nitrogens is 2. The van der Waals surface area contributed by atoms with Gasteiger partial charge in [0.05, 0.1) is 6.54 Å². The summed E-state index contributed by atoms with van der Waals surface area (Å²) in [6.07, 6.45) is 3.43. The zero-order chi connectivity index (χ0) is 13.2. The molecule has 1 atom stereocenters. The molecule has 5 heteroatoms. The highest BCUT2D eigenvalue weighted by Gasteiger charge is 2.32. The van der Waals surface area contributed by atoms with E-state index in [1.54, 1.807) is 24.3 Å². The second kappa shape index (κ2) is 4.76. The van der Waals surface area contributed by atoms with Crippen LogP contribution in [0.3, 0.4) is 0 Å². The van der Waals surface area contributed by atoms with Gasteiger partial charge in [0.2, 0.25) is 5.91 Å². The largest absolute Gasteiger partial charge is 0.492 e. The molecule has 1 N–H and O–H groups in total. The van der Waals surface area contributed by atoms with Crippen molar-refractivity contribution < 1.29 is 9.53 Å². The molecule has 0 saturated heterocycles. The molecule has 1 aliphatic rings. The average molecular weight is 257 g/mol. The molecule has 3 rings (SSSR count). The fraction of sp³-hybridized carbons (Fsp3) is 0.286. The lowest BCUT2D eigenvalue weighted by atomic mass is 10.00. The number of hydrogen-bond donors (Lipinski definition) is 1. The van der Waals surface area contributed by atoms with Crippen LogP contribution in [0.25, 0.3) is 0 Å². The lowest BCUT2D eigenvalue weighted by Crippen LogP contribution is -2.32. The van der Waals surface area contributed by atoms with Crippen LogP contribution in [0.4, 0.5) is 0 Å². The third kappa shape index (κ3) is 2.19. The highest BCUT2D eigenvalue weighted by molar-refractivity contribution is 5.85. The van der Waals surface area contributed by atoms with E-state index >= 15 is 0 Å². The third-order valence-corrected chi connectivity index (χ3v) is 3.32. The number of likely N-dealkylation sites (N-methyl/N-ethyl adjacent to an activating group) is 1. The second-order valence-corrected chi connectivity index (χ2v) is 4.63. The van der Waals surface area contributed by atoms with Gasteiger partial charge in [-0.2, -0.15) is 0 Å². The molecule has 1 aromatic heterocycles. The van der Waals surface area contributed by atoms with Gasteiger partial charge >= 0.3 is 0 Å². The van der Waals surface area contributed by atoms with E-state index in [1.807, 2.05) is 24.3 Å². The molecule has 98 valence electrons. The van der Waals surface area contributed by atoms with Gasteiger partial charge in [0, 0.05) is 25.0 Å². The van der Waals surface area contributed by atoms with Crippen molar-refractivity contribution in [1.82, 2.24) is 14.9 Å². The van der Waals surface area contributed by atoms with Crippen LogP contribution in [0.15, 0.2) is 36.7 Å². The minimum absolute atomic E-state index is 0.0568. The number of H-pyrrole nitrogens is 1. The first-order valence-electron chi connectivity index (χ1n) is 6.20. The highest BCUT2D eigenvalue weighted by Crippen LogP contribution is 2.34. The number of nitrogens with one attached hydrogen (secondary N) is 1. The van der Waals surface area contributed by atoms with Gasteiger partial charge in [-0.1, -0.05) is 18.2 Å². The molecule has 0 spiro atoms. The van der Waals surface area contributed by atoms with Crippen LogP contribution in [0, 0.1) is 0 Å². The van der Waals surface area contributed by atoms with Gasteiger partial charge in [-0.15, -0.1) is 0 Å². The number of benzene rings is 1. The number of rotatable bonds is 3. The summed E-state index contributed by atoms with van der Waals surface area (Å²) < 4.78 is 5.55. The van der Waals surface area contributed by atoms with E-state index in [0.717, 1.165) is 17.1 Å². The summed E-state index contributed by atoms with van der Waals surface area (Å²) in [7, 11) is 1.78. The van der Waals surface area contributed by atoms with Gasteiger partial charge in [-0.25, -0.2) is 4.98 Å².